The van der Waals surface area contributed by atoms with E-state index >= 15 is 0 Å². The molecular weight excluding hydrogens is 332 g/mol. The van der Waals surface area contributed by atoms with Gasteiger partial charge in [0.05, 0.1) is 16.6 Å². The van der Waals surface area contributed by atoms with Crippen molar-refractivity contribution in [1.82, 2.24) is 4.90 Å². The van der Waals surface area contributed by atoms with Crippen LogP contribution in [0.1, 0.15) is 34.7 Å². The zero-order valence-electron chi connectivity index (χ0n) is 11.8. The minimum atomic E-state index is -0.00859. The zero-order valence-corrected chi connectivity index (χ0v) is 13.4. The largest absolute Gasteiger partial charge is 0.464 e. The highest BCUT2D eigenvalue weighted by Gasteiger charge is 2.34. The van der Waals surface area contributed by atoms with E-state index in [9.17, 15) is 4.79 Å². The quantitative estimate of drug-likeness (QED) is 0.856. The Morgan fingerprint density at radius 2 is 2.14 bits per heavy atom. The smallest absolute Gasteiger partial charge is 0.255 e. The number of amides is 1. The van der Waals surface area contributed by atoms with E-state index in [0.29, 0.717) is 28.3 Å². The second kappa shape index (κ2) is 5.56. The van der Waals surface area contributed by atoms with Crippen LogP contribution in [-0.4, -0.2) is 16.8 Å². The highest BCUT2D eigenvalue weighted by atomic mass is 79.9. The number of nitrogens with zero attached hydrogens (tertiary/aromatic N) is 1. The highest BCUT2D eigenvalue weighted by Crippen LogP contribution is 2.32. The molecule has 0 unspecified atom stereocenters. The predicted molar refractivity (Wildman–Crippen MR) is 84.9 cm³/mol. The molecule has 1 aromatic carbocycles. The number of hydrogen-bond donors (Lipinski definition) is 1. The summed E-state index contributed by atoms with van der Waals surface area (Å²) in [6.07, 6.45) is 2.09. The normalized spacial score (nSPS) is 14.2. The highest BCUT2D eigenvalue weighted by molar-refractivity contribution is 9.10. The Balaban J connectivity index is 1.87. The summed E-state index contributed by atoms with van der Waals surface area (Å²) in [7, 11) is 0. The molecule has 1 fully saturated rings. The van der Waals surface area contributed by atoms with E-state index < -0.39 is 0 Å². The van der Waals surface area contributed by atoms with Gasteiger partial charge in [0.15, 0.2) is 0 Å². The lowest BCUT2D eigenvalue weighted by Gasteiger charge is -2.22. The molecule has 1 aromatic heterocycles. The Bertz CT molecular complexity index is 677. The van der Waals surface area contributed by atoms with Crippen LogP contribution in [0.15, 0.2) is 39.2 Å². The standard InChI is InChI=1S/C16H17BrN2O2/c1-10-5-8-12(21-10)9-19(11-6-7-11)16(20)13-3-2-4-14(18)15(13)17/h2-5,8,11H,6-7,9,18H2,1H3. The van der Waals surface area contributed by atoms with Gasteiger partial charge in [-0.2, -0.15) is 0 Å². The first-order valence-corrected chi connectivity index (χ1v) is 7.76. The summed E-state index contributed by atoms with van der Waals surface area (Å²) in [5.41, 5.74) is 7.05. The van der Waals surface area contributed by atoms with E-state index in [0.717, 1.165) is 24.4 Å². The second-order valence-corrected chi connectivity index (χ2v) is 6.18. The molecule has 4 nitrogen and oxygen atoms in total. The molecule has 0 bridgehead atoms. The fraction of sp³-hybridized carbons (Fsp3) is 0.312. The number of furan rings is 1. The third-order valence-electron chi connectivity index (χ3n) is 3.63. The number of nitrogens with two attached hydrogens (primary N) is 1. The molecule has 1 heterocycles. The van der Waals surface area contributed by atoms with Gasteiger partial charge >= 0.3 is 0 Å². The number of benzene rings is 1. The average molecular weight is 349 g/mol. The topological polar surface area (TPSA) is 59.5 Å². The van der Waals surface area contributed by atoms with Crippen molar-refractivity contribution < 1.29 is 9.21 Å². The van der Waals surface area contributed by atoms with E-state index in [2.05, 4.69) is 15.9 Å². The molecule has 1 saturated carbocycles. The van der Waals surface area contributed by atoms with Crippen molar-refractivity contribution in [2.45, 2.75) is 32.4 Å². The summed E-state index contributed by atoms with van der Waals surface area (Å²) in [6.45, 7) is 2.40. The molecule has 1 aliphatic rings. The Hall–Kier alpha value is -1.75. The van der Waals surface area contributed by atoms with Crippen LogP contribution in [0, 0.1) is 6.92 Å². The van der Waals surface area contributed by atoms with E-state index in [1.165, 1.54) is 0 Å². The Labute approximate surface area is 132 Å². The third-order valence-corrected chi connectivity index (χ3v) is 4.51. The van der Waals surface area contributed by atoms with Gasteiger partial charge < -0.3 is 15.1 Å². The van der Waals surface area contributed by atoms with E-state index in [1.807, 2.05) is 24.0 Å². The third kappa shape index (κ3) is 2.97. The summed E-state index contributed by atoms with van der Waals surface area (Å²) in [5, 5.41) is 0. The SMILES string of the molecule is Cc1ccc(CN(C(=O)c2cccc(N)c2Br)C2CC2)o1. The van der Waals surface area contributed by atoms with Crippen LogP contribution < -0.4 is 5.73 Å². The van der Waals surface area contributed by atoms with Gasteiger partial charge in [-0.3, -0.25) is 4.79 Å². The maximum atomic E-state index is 12.8. The van der Waals surface area contributed by atoms with Crippen LogP contribution in [0.3, 0.4) is 0 Å². The fourth-order valence-electron chi connectivity index (χ4n) is 2.36. The summed E-state index contributed by atoms with van der Waals surface area (Å²) < 4.78 is 6.26. The molecule has 2 aromatic rings. The van der Waals surface area contributed by atoms with Crippen molar-refractivity contribution in [3.8, 4) is 0 Å². The molecule has 0 radical (unpaired) electrons. The lowest BCUT2D eigenvalue weighted by Crippen LogP contribution is -2.32. The van der Waals surface area contributed by atoms with Crippen LogP contribution in [0.25, 0.3) is 0 Å². The number of anilines is 1. The summed E-state index contributed by atoms with van der Waals surface area (Å²) in [5.74, 6) is 1.66. The lowest BCUT2D eigenvalue weighted by molar-refractivity contribution is 0.0716. The van der Waals surface area contributed by atoms with Gasteiger partial charge in [0.25, 0.3) is 5.91 Å². The summed E-state index contributed by atoms with van der Waals surface area (Å²) in [4.78, 5) is 14.7. The molecule has 2 N–H and O–H groups in total. The minimum Gasteiger partial charge on any atom is -0.464 e. The minimum absolute atomic E-state index is 0.00859. The molecule has 1 aliphatic carbocycles. The first-order valence-electron chi connectivity index (χ1n) is 6.96. The first kappa shape index (κ1) is 14.2. The van der Waals surface area contributed by atoms with Crippen LogP contribution in [0.4, 0.5) is 5.69 Å². The van der Waals surface area contributed by atoms with Crippen molar-refractivity contribution in [1.29, 1.82) is 0 Å². The Morgan fingerprint density at radius 3 is 2.76 bits per heavy atom. The number of halogens is 1. The first-order chi connectivity index (χ1) is 10.1. The molecule has 0 spiro atoms. The van der Waals surface area contributed by atoms with E-state index in [4.69, 9.17) is 10.2 Å². The van der Waals surface area contributed by atoms with Gasteiger partial charge in [-0.25, -0.2) is 0 Å². The zero-order chi connectivity index (χ0) is 15.0. The van der Waals surface area contributed by atoms with Crippen molar-refractivity contribution in [2.24, 2.45) is 0 Å². The van der Waals surface area contributed by atoms with Gasteiger partial charge in [0, 0.05) is 11.7 Å². The van der Waals surface area contributed by atoms with Crippen LogP contribution in [-0.2, 0) is 6.54 Å². The van der Waals surface area contributed by atoms with Crippen LogP contribution >= 0.6 is 15.9 Å². The number of hydrogen-bond acceptors (Lipinski definition) is 3. The Kier molecular flexibility index (Phi) is 3.76. The van der Waals surface area contributed by atoms with E-state index in [-0.39, 0.29) is 5.91 Å². The maximum Gasteiger partial charge on any atom is 0.255 e. The number of rotatable bonds is 4. The van der Waals surface area contributed by atoms with E-state index in [1.54, 1.807) is 18.2 Å². The predicted octanol–water partition coefficient (Wildman–Crippen LogP) is 3.74. The van der Waals surface area contributed by atoms with Crippen molar-refractivity contribution in [3.63, 3.8) is 0 Å². The number of aryl methyl sites for hydroxylation is 1. The molecule has 1 amide bonds. The second-order valence-electron chi connectivity index (χ2n) is 5.39. The average Bonchev–Trinajstić information content (AvgIpc) is 3.22. The molecule has 0 aliphatic heterocycles. The van der Waals surface area contributed by atoms with Crippen LogP contribution in [0.2, 0.25) is 0 Å². The number of nitrogen functional groups attached to an aromatic ring is 1. The fourth-order valence-corrected chi connectivity index (χ4v) is 2.79. The number of carbonyl (C=O) groups excluding carboxylic acids is 1. The molecular formula is C16H17BrN2O2. The van der Waals surface area contributed by atoms with Gasteiger partial charge in [-0.05, 0) is 60.0 Å². The molecule has 0 saturated heterocycles. The molecule has 3 rings (SSSR count). The Morgan fingerprint density at radius 1 is 1.38 bits per heavy atom. The lowest BCUT2D eigenvalue weighted by atomic mass is 10.1. The maximum absolute atomic E-state index is 12.8. The molecule has 5 heteroatoms. The van der Waals surface area contributed by atoms with Gasteiger partial charge in [0.1, 0.15) is 11.5 Å². The van der Waals surface area contributed by atoms with Crippen molar-refractivity contribution in [3.05, 3.63) is 51.9 Å². The molecule has 21 heavy (non-hydrogen) atoms. The van der Waals surface area contributed by atoms with Gasteiger partial charge in [-0.1, -0.05) is 6.07 Å². The van der Waals surface area contributed by atoms with Gasteiger partial charge in [0.2, 0.25) is 0 Å². The van der Waals surface area contributed by atoms with Crippen molar-refractivity contribution in [2.75, 3.05) is 5.73 Å². The summed E-state index contributed by atoms with van der Waals surface area (Å²) in [6, 6.07) is 9.52. The number of carbonyl (C=O) groups is 1. The van der Waals surface area contributed by atoms with Crippen molar-refractivity contribution >= 4 is 27.5 Å². The summed E-state index contributed by atoms with van der Waals surface area (Å²) >= 11 is 3.41. The van der Waals surface area contributed by atoms with Gasteiger partial charge in [-0.15, -0.1) is 0 Å². The molecule has 110 valence electrons. The van der Waals surface area contributed by atoms with Crippen LogP contribution in [0.5, 0.6) is 0 Å². The monoisotopic (exact) mass is 348 g/mol. The molecule has 0 atom stereocenters.